The van der Waals surface area contributed by atoms with E-state index in [0.717, 1.165) is 39.5 Å². The van der Waals surface area contributed by atoms with Crippen molar-refractivity contribution in [2.75, 3.05) is 5.32 Å². The van der Waals surface area contributed by atoms with Gasteiger partial charge in [0.25, 0.3) is 0 Å². The first kappa shape index (κ1) is 18.0. The summed E-state index contributed by atoms with van der Waals surface area (Å²) in [5.74, 6) is -0.290. The van der Waals surface area contributed by atoms with Crippen molar-refractivity contribution >= 4 is 22.4 Å². The van der Waals surface area contributed by atoms with Crippen LogP contribution in [-0.2, 0) is 0 Å². The Labute approximate surface area is 172 Å². The number of benzene rings is 3. The summed E-state index contributed by atoms with van der Waals surface area (Å²) in [4.78, 5) is 9.11. The highest BCUT2D eigenvalue weighted by atomic mass is 19.1. The molecule has 0 spiro atoms. The van der Waals surface area contributed by atoms with Crippen LogP contribution in [0.15, 0.2) is 79.0 Å². The third-order valence-electron chi connectivity index (χ3n) is 5.08. The Kier molecular flexibility index (Phi) is 4.25. The molecule has 1 aliphatic carbocycles. The van der Waals surface area contributed by atoms with E-state index < -0.39 is 0 Å². The number of para-hydroxylation sites is 2. The molecule has 1 aromatic heterocycles. The number of nitrogens with one attached hydrogen (secondary N) is 2. The molecule has 3 aromatic rings. The van der Waals surface area contributed by atoms with Crippen LogP contribution in [0, 0.1) is 18.2 Å². The Balaban J connectivity index is 1.76. The van der Waals surface area contributed by atoms with Gasteiger partial charge in [0, 0.05) is 11.9 Å². The number of nitrogens with zero attached hydrogens (tertiary/aromatic N) is 3. The first-order chi connectivity index (χ1) is 14.6. The van der Waals surface area contributed by atoms with E-state index in [1.54, 1.807) is 24.4 Å². The quantitative estimate of drug-likeness (QED) is 0.413. The molecule has 2 N–H and O–H groups in total. The molecule has 0 bridgehead atoms. The number of pyridine rings is 1. The minimum Gasteiger partial charge on any atom is -0.352 e. The van der Waals surface area contributed by atoms with Gasteiger partial charge in [-0.2, -0.15) is 0 Å². The normalized spacial score (nSPS) is 11.1. The van der Waals surface area contributed by atoms with Gasteiger partial charge in [0.2, 0.25) is 0 Å². The van der Waals surface area contributed by atoms with Gasteiger partial charge in [0.05, 0.1) is 44.8 Å². The summed E-state index contributed by atoms with van der Waals surface area (Å²) in [6.07, 6.45) is 1.74. The molecule has 5 nitrogen and oxygen atoms in total. The second kappa shape index (κ2) is 7.08. The molecule has 0 saturated heterocycles. The van der Waals surface area contributed by atoms with Crippen molar-refractivity contribution in [2.24, 2.45) is 0 Å². The third kappa shape index (κ3) is 3.08. The molecule has 2 aliphatic rings. The van der Waals surface area contributed by atoms with Gasteiger partial charge in [0.1, 0.15) is 5.82 Å². The summed E-state index contributed by atoms with van der Waals surface area (Å²) in [6, 6.07) is 21.6. The highest BCUT2D eigenvalue weighted by molar-refractivity contribution is 5.84. The lowest BCUT2D eigenvalue weighted by Crippen LogP contribution is -2.14. The van der Waals surface area contributed by atoms with Gasteiger partial charge < -0.3 is 9.88 Å². The zero-order valence-corrected chi connectivity index (χ0v) is 16.2. The predicted molar refractivity (Wildman–Crippen MR) is 116 cm³/mol. The zero-order chi connectivity index (χ0) is 20.7. The predicted octanol–water partition coefficient (Wildman–Crippen LogP) is 5.20. The topological polar surface area (TPSA) is 66.6 Å². The molecule has 0 unspecified atom stereocenters. The number of anilines is 2. The summed E-state index contributed by atoms with van der Waals surface area (Å²) in [7, 11) is 0. The highest BCUT2D eigenvalue weighted by Gasteiger charge is 2.16. The second-order valence-electron chi connectivity index (χ2n) is 7.06. The van der Waals surface area contributed by atoms with Crippen molar-refractivity contribution in [3.8, 4) is 17.1 Å². The molecule has 146 valence electrons. The number of halogens is 1. The molecule has 5 rings (SSSR count). The Morgan fingerprint density at radius 3 is 2.53 bits per heavy atom. The van der Waals surface area contributed by atoms with Crippen molar-refractivity contribution in [1.29, 1.82) is 5.41 Å². The van der Waals surface area contributed by atoms with Gasteiger partial charge in [-0.05, 0) is 67.6 Å². The number of fused-ring (bicyclic) bond motifs is 2. The third-order valence-corrected chi connectivity index (χ3v) is 5.08. The lowest BCUT2D eigenvalue weighted by molar-refractivity contribution is 0.627. The number of rotatable bonds is 3. The van der Waals surface area contributed by atoms with Crippen molar-refractivity contribution in [3.63, 3.8) is 0 Å². The zero-order valence-electron chi connectivity index (χ0n) is 16.2. The lowest BCUT2D eigenvalue weighted by atomic mass is 10.1. The number of hydrogen-bond donors (Lipinski definition) is 2. The molecule has 0 saturated carbocycles. The highest BCUT2D eigenvalue weighted by Crippen LogP contribution is 2.30. The molecule has 30 heavy (non-hydrogen) atoms. The van der Waals surface area contributed by atoms with E-state index in [1.807, 2.05) is 54.0 Å². The molecule has 2 heterocycles. The average molecular weight is 395 g/mol. The van der Waals surface area contributed by atoms with Gasteiger partial charge in [-0.3, -0.25) is 10.4 Å². The van der Waals surface area contributed by atoms with E-state index in [-0.39, 0.29) is 5.82 Å². The first-order valence-corrected chi connectivity index (χ1v) is 9.55. The molecular weight excluding hydrogens is 377 g/mol. The summed E-state index contributed by atoms with van der Waals surface area (Å²) in [5, 5.41) is 12.2. The molecule has 2 aromatic carbocycles. The van der Waals surface area contributed by atoms with Gasteiger partial charge in [-0.25, -0.2) is 9.37 Å². The second-order valence-corrected chi connectivity index (χ2v) is 7.06. The van der Waals surface area contributed by atoms with Crippen LogP contribution in [0.1, 0.15) is 5.69 Å². The van der Waals surface area contributed by atoms with E-state index in [9.17, 15) is 4.39 Å². The summed E-state index contributed by atoms with van der Waals surface area (Å²) in [6.45, 7) is 1.92. The lowest BCUT2D eigenvalue weighted by Gasteiger charge is -2.20. The fraction of sp³-hybridized carbons (Fsp3) is 0.0417. The monoisotopic (exact) mass is 395 g/mol. The summed E-state index contributed by atoms with van der Waals surface area (Å²) >= 11 is 0. The fourth-order valence-electron chi connectivity index (χ4n) is 3.59. The SMILES string of the molecule is Cc1ncccc1Nc1cc2nc3ccccc3n(-c3ccc(F)cc3)c-2cc1=N. The molecule has 0 radical (unpaired) electrons. The average Bonchev–Trinajstić information content (AvgIpc) is 2.75. The van der Waals surface area contributed by atoms with Gasteiger partial charge in [-0.1, -0.05) is 12.1 Å². The van der Waals surface area contributed by atoms with Crippen LogP contribution in [-0.4, -0.2) is 14.5 Å². The van der Waals surface area contributed by atoms with E-state index >= 15 is 0 Å². The van der Waals surface area contributed by atoms with E-state index in [2.05, 4.69) is 10.3 Å². The van der Waals surface area contributed by atoms with Crippen molar-refractivity contribution in [2.45, 2.75) is 6.92 Å². The minimum atomic E-state index is -0.290. The summed E-state index contributed by atoms with van der Waals surface area (Å²) in [5.41, 5.74) is 6.37. The maximum atomic E-state index is 13.5. The van der Waals surface area contributed by atoms with Crippen molar-refractivity contribution in [1.82, 2.24) is 14.5 Å². The maximum absolute atomic E-state index is 13.5. The molecule has 0 amide bonds. The van der Waals surface area contributed by atoms with Crippen molar-refractivity contribution in [3.05, 3.63) is 95.9 Å². The number of hydrogen-bond acceptors (Lipinski definition) is 4. The Morgan fingerprint density at radius 2 is 1.73 bits per heavy atom. The van der Waals surface area contributed by atoms with E-state index in [0.29, 0.717) is 11.0 Å². The molecule has 0 fully saturated rings. The Hall–Kier alpha value is -4.06. The van der Waals surface area contributed by atoms with Gasteiger partial charge in [0.15, 0.2) is 0 Å². The van der Waals surface area contributed by atoms with E-state index in [1.165, 1.54) is 12.1 Å². The van der Waals surface area contributed by atoms with Gasteiger partial charge >= 0.3 is 0 Å². The van der Waals surface area contributed by atoms with Crippen LogP contribution in [0.2, 0.25) is 0 Å². The maximum Gasteiger partial charge on any atom is 0.123 e. The molecular formula is C24H18FN5. The van der Waals surface area contributed by atoms with Crippen LogP contribution < -0.4 is 10.7 Å². The largest absolute Gasteiger partial charge is 0.352 e. The Bertz CT molecular complexity index is 1410. The minimum absolute atomic E-state index is 0.290. The number of aromatic nitrogens is 3. The first-order valence-electron chi connectivity index (χ1n) is 9.55. The van der Waals surface area contributed by atoms with Crippen LogP contribution in [0.3, 0.4) is 0 Å². The molecule has 6 heteroatoms. The van der Waals surface area contributed by atoms with Crippen LogP contribution in [0.4, 0.5) is 15.8 Å². The Morgan fingerprint density at radius 1 is 0.933 bits per heavy atom. The van der Waals surface area contributed by atoms with Crippen LogP contribution in [0.25, 0.3) is 28.1 Å². The standard InChI is InChI=1S/C24H18FN5/c1-15-19(6-4-12-27-15)28-21-14-22-24(13-18(21)26)30(17-10-8-16(25)9-11-17)23-7-3-2-5-20(23)29-22/h2-14,26,28H,1H3. The van der Waals surface area contributed by atoms with Crippen LogP contribution >= 0.6 is 0 Å². The number of aryl methyl sites for hydroxylation is 1. The molecule has 0 atom stereocenters. The van der Waals surface area contributed by atoms with Crippen LogP contribution in [0.5, 0.6) is 0 Å². The fourth-order valence-corrected chi connectivity index (χ4v) is 3.59. The summed E-state index contributed by atoms with van der Waals surface area (Å²) < 4.78 is 15.5. The smallest absolute Gasteiger partial charge is 0.123 e. The van der Waals surface area contributed by atoms with Gasteiger partial charge in [-0.15, -0.1) is 0 Å². The van der Waals surface area contributed by atoms with E-state index in [4.69, 9.17) is 10.4 Å². The van der Waals surface area contributed by atoms with Crippen molar-refractivity contribution < 1.29 is 4.39 Å². The molecule has 1 aliphatic heterocycles.